The van der Waals surface area contributed by atoms with Gasteiger partial charge in [-0.3, -0.25) is 4.79 Å². The van der Waals surface area contributed by atoms with Gasteiger partial charge in [0.25, 0.3) is 0 Å². The lowest BCUT2D eigenvalue weighted by Gasteiger charge is -2.32. The van der Waals surface area contributed by atoms with E-state index in [9.17, 15) is 17.6 Å². The Hall–Kier alpha value is -1.47. The van der Waals surface area contributed by atoms with E-state index in [1.54, 1.807) is 12.1 Å². The highest BCUT2D eigenvalue weighted by molar-refractivity contribution is 7.88. The molecule has 1 aromatic carbocycles. The largest absolute Gasteiger partial charge is 0.349 e. The van der Waals surface area contributed by atoms with E-state index in [2.05, 4.69) is 5.32 Å². The number of benzene rings is 1. The molecule has 0 radical (unpaired) electrons. The lowest BCUT2D eigenvalue weighted by molar-refractivity contribution is -0.127. The molecular formula is C19H27FN2O3S. The number of halogens is 1. The van der Waals surface area contributed by atoms with Gasteiger partial charge in [-0.2, -0.15) is 0 Å². The molecule has 1 N–H and O–H groups in total. The highest BCUT2D eigenvalue weighted by Gasteiger charge is 2.33. The van der Waals surface area contributed by atoms with Crippen LogP contribution in [0.3, 0.4) is 0 Å². The summed E-state index contributed by atoms with van der Waals surface area (Å²) in [7, 11) is -3.28. The van der Waals surface area contributed by atoms with Crippen molar-refractivity contribution in [2.45, 2.75) is 44.6 Å². The van der Waals surface area contributed by atoms with Gasteiger partial charge in [0, 0.05) is 13.1 Å². The summed E-state index contributed by atoms with van der Waals surface area (Å²) in [6, 6.07) is 6.19. The number of hydrogen-bond acceptors (Lipinski definition) is 3. The number of nitrogens with one attached hydrogen (secondary N) is 1. The molecule has 1 aliphatic carbocycles. The Balaban J connectivity index is 1.73. The number of nitrogens with zero attached hydrogens (tertiary/aromatic N) is 1. The van der Waals surface area contributed by atoms with Gasteiger partial charge >= 0.3 is 0 Å². The molecule has 1 amide bonds. The number of amides is 1. The highest BCUT2D eigenvalue weighted by Crippen LogP contribution is 2.36. The van der Waals surface area contributed by atoms with E-state index >= 15 is 0 Å². The second-order valence-electron chi connectivity index (χ2n) is 7.54. The normalized spacial score (nSPS) is 23.7. The molecule has 0 unspecified atom stereocenters. The summed E-state index contributed by atoms with van der Waals surface area (Å²) in [5, 5.41) is 3.15. The van der Waals surface area contributed by atoms with Crippen molar-refractivity contribution in [1.82, 2.24) is 9.62 Å². The molecule has 0 bridgehead atoms. The van der Waals surface area contributed by atoms with Gasteiger partial charge in [-0.15, -0.1) is 0 Å². The standard InChI is InChI=1S/C19H27FN2O3S/c1-26(24,25)22-12-4-7-16(13-22)19(23)21-18(14-5-2-3-6-14)15-8-10-17(20)11-9-15/h8-11,14,16,18H,2-7,12-13H2,1H3,(H,21,23)/t16-,18-/m0/s1. The Kier molecular flexibility index (Phi) is 5.97. The predicted molar refractivity (Wildman–Crippen MR) is 98.4 cm³/mol. The van der Waals surface area contributed by atoms with Crippen molar-refractivity contribution < 1.29 is 17.6 Å². The number of sulfonamides is 1. The summed E-state index contributed by atoms with van der Waals surface area (Å²) in [6.07, 6.45) is 6.94. The van der Waals surface area contributed by atoms with Crippen LogP contribution in [-0.2, 0) is 14.8 Å². The van der Waals surface area contributed by atoms with E-state index < -0.39 is 10.0 Å². The summed E-state index contributed by atoms with van der Waals surface area (Å²) in [6.45, 7) is 0.720. The van der Waals surface area contributed by atoms with E-state index in [1.165, 1.54) is 22.7 Å². The molecule has 7 heteroatoms. The van der Waals surface area contributed by atoms with Gasteiger partial charge in [0.2, 0.25) is 15.9 Å². The van der Waals surface area contributed by atoms with Crippen LogP contribution >= 0.6 is 0 Å². The van der Waals surface area contributed by atoms with Crippen molar-refractivity contribution >= 4 is 15.9 Å². The second kappa shape index (κ2) is 8.05. The van der Waals surface area contributed by atoms with Gasteiger partial charge in [0.1, 0.15) is 5.82 Å². The zero-order valence-electron chi connectivity index (χ0n) is 15.2. The Labute approximate surface area is 155 Å². The van der Waals surface area contributed by atoms with E-state index in [0.29, 0.717) is 25.3 Å². The van der Waals surface area contributed by atoms with Gasteiger partial charge in [0.15, 0.2) is 0 Å². The first-order valence-corrected chi connectivity index (χ1v) is 11.2. The third-order valence-corrected chi connectivity index (χ3v) is 6.89. The smallest absolute Gasteiger partial charge is 0.224 e. The third kappa shape index (κ3) is 4.62. The molecule has 0 aromatic heterocycles. The maximum absolute atomic E-state index is 13.3. The quantitative estimate of drug-likeness (QED) is 0.852. The fourth-order valence-electron chi connectivity index (χ4n) is 4.16. The van der Waals surface area contributed by atoms with Crippen LogP contribution in [0.15, 0.2) is 24.3 Å². The number of hydrogen-bond donors (Lipinski definition) is 1. The number of rotatable bonds is 5. The van der Waals surface area contributed by atoms with E-state index in [-0.39, 0.29) is 30.2 Å². The van der Waals surface area contributed by atoms with Gasteiger partial charge in [-0.25, -0.2) is 17.1 Å². The Morgan fingerprint density at radius 3 is 2.42 bits per heavy atom. The Bertz CT molecular complexity index is 730. The molecule has 1 saturated carbocycles. The summed E-state index contributed by atoms with van der Waals surface area (Å²) < 4.78 is 38.3. The third-order valence-electron chi connectivity index (χ3n) is 5.62. The predicted octanol–water partition coefficient (Wildman–Crippen LogP) is 2.84. The molecule has 2 fully saturated rings. The Morgan fingerprint density at radius 1 is 1.15 bits per heavy atom. The molecular weight excluding hydrogens is 355 g/mol. The van der Waals surface area contributed by atoms with E-state index in [1.807, 2.05) is 0 Å². The lowest BCUT2D eigenvalue weighted by Crippen LogP contribution is -2.46. The molecule has 1 aromatic rings. The minimum Gasteiger partial charge on any atom is -0.349 e. The molecule has 26 heavy (non-hydrogen) atoms. The average molecular weight is 383 g/mol. The topological polar surface area (TPSA) is 66.5 Å². The van der Waals surface area contributed by atoms with Crippen molar-refractivity contribution in [2.24, 2.45) is 11.8 Å². The first-order chi connectivity index (χ1) is 12.3. The fraction of sp³-hybridized carbons (Fsp3) is 0.632. The van der Waals surface area contributed by atoms with Crippen molar-refractivity contribution in [3.8, 4) is 0 Å². The second-order valence-corrected chi connectivity index (χ2v) is 9.52. The zero-order chi connectivity index (χ0) is 18.7. The minimum absolute atomic E-state index is 0.0976. The minimum atomic E-state index is -3.28. The molecule has 5 nitrogen and oxygen atoms in total. The lowest BCUT2D eigenvalue weighted by atomic mass is 9.90. The van der Waals surface area contributed by atoms with Crippen LogP contribution in [-0.4, -0.2) is 38.0 Å². The van der Waals surface area contributed by atoms with Crippen LogP contribution in [0.1, 0.15) is 50.1 Å². The maximum atomic E-state index is 13.3. The highest BCUT2D eigenvalue weighted by atomic mass is 32.2. The van der Waals surface area contributed by atoms with Crippen molar-refractivity contribution in [3.63, 3.8) is 0 Å². The summed E-state index contributed by atoms with van der Waals surface area (Å²) in [4.78, 5) is 12.9. The van der Waals surface area contributed by atoms with Gasteiger partial charge in [-0.05, 0) is 49.3 Å². The van der Waals surface area contributed by atoms with Crippen LogP contribution in [0.2, 0.25) is 0 Å². The average Bonchev–Trinajstić information content (AvgIpc) is 3.14. The molecule has 3 rings (SSSR count). The monoisotopic (exact) mass is 382 g/mol. The zero-order valence-corrected chi connectivity index (χ0v) is 16.0. The van der Waals surface area contributed by atoms with Crippen LogP contribution in [0, 0.1) is 17.7 Å². The molecule has 144 valence electrons. The number of piperidine rings is 1. The van der Waals surface area contributed by atoms with Crippen LogP contribution in [0.5, 0.6) is 0 Å². The number of carbonyl (C=O) groups is 1. The molecule has 1 aliphatic heterocycles. The van der Waals surface area contributed by atoms with Crippen molar-refractivity contribution in [2.75, 3.05) is 19.3 Å². The molecule has 1 saturated heterocycles. The number of carbonyl (C=O) groups excluding carboxylic acids is 1. The maximum Gasteiger partial charge on any atom is 0.224 e. The van der Waals surface area contributed by atoms with Crippen LogP contribution < -0.4 is 5.32 Å². The first-order valence-electron chi connectivity index (χ1n) is 9.35. The van der Waals surface area contributed by atoms with Crippen LogP contribution in [0.25, 0.3) is 0 Å². The first kappa shape index (κ1) is 19.3. The molecule has 2 atom stereocenters. The summed E-state index contributed by atoms with van der Waals surface area (Å²) in [5.74, 6) is -0.372. The molecule has 2 aliphatic rings. The van der Waals surface area contributed by atoms with Gasteiger partial charge in [0.05, 0.1) is 18.2 Å². The summed E-state index contributed by atoms with van der Waals surface area (Å²) >= 11 is 0. The van der Waals surface area contributed by atoms with Crippen molar-refractivity contribution in [3.05, 3.63) is 35.6 Å². The molecule has 0 spiro atoms. The van der Waals surface area contributed by atoms with Crippen LogP contribution in [0.4, 0.5) is 4.39 Å². The summed E-state index contributed by atoms with van der Waals surface area (Å²) in [5.41, 5.74) is 0.919. The van der Waals surface area contributed by atoms with E-state index in [0.717, 1.165) is 31.2 Å². The fourth-order valence-corrected chi connectivity index (χ4v) is 5.07. The van der Waals surface area contributed by atoms with Gasteiger partial charge < -0.3 is 5.32 Å². The Morgan fingerprint density at radius 2 is 1.81 bits per heavy atom. The van der Waals surface area contributed by atoms with Crippen molar-refractivity contribution in [1.29, 1.82) is 0 Å². The van der Waals surface area contributed by atoms with E-state index in [4.69, 9.17) is 0 Å². The SMILES string of the molecule is CS(=O)(=O)N1CCC[C@H](C(=O)N[C@H](c2ccc(F)cc2)C2CCCC2)C1. The van der Waals surface area contributed by atoms with Gasteiger partial charge in [-0.1, -0.05) is 25.0 Å². The molecule has 1 heterocycles.